The van der Waals surface area contributed by atoms with Gasteiger partial charge < -0.3 is 14.6 Å². The predicted octanol–water partition coefficient (Wildman–Crippen LogP) is 3.36. The van der Waals surface area contributed by atoms with Crippen molar-refractivity contribution >= 4 is 17.4 Å². The molecular formula is C16H16N2O4. The van der Waals surface area contributed by atoms with Gasteiger partial charge >= 0.3 is 5.97 Å². The Morgan fingerprint density at radius 2 is 1.77 bits per heavy atom. The van der Waals surface area contributed by atoms with Crippen LogP contribution >= 0.6 is 0 Å². The van der Waals surface area contributed by atoms with Crippen molar-refractivity contribution in [3.05, 3.63) is 48.5 Å². The van der Waals surface area contributed by atoms with Crippen molar-refractivity contribution in [2.45, 2.75) is 6.92 Å². The van der Waals surface area contributed by atoms with Crippen LogP contribution in [0.1, 0.15) is 6.92 Å². The third-order valence-electron chi connectivity index (χ3n) is 2.79. The second-order valence-corrected chi connectivity index (χ2v) is 4.42. The summed E-state index contributed by atoms with van der Waals surface area (Å²) in [6.45, 7) is 1.41. The molecule has 6 nitrogen and oxygen atoms in total. The average molecular weight is 300 g/mol. The van der Waals surface area contributed by atoms with E-state index in [4.69, 9.17) is 14.6 Å². The number of hydrazone groups is 1. The first-order chi connectivity index (χ1) is 10.6. The Balaban J connectivity index is 2.07. The van der Waals surface area contributed by atoms with Crippen molar-refractivity contribution in [1.29, 1.82) is 0 Å². The highest BCUT2D eigenvalue weighted by Crippen LogP contribution is 2.25. The summed E-state index contributed by atoms with van der Waals surface area (Å²) in [5, 5.41) is 12.5. The lowest BCUT2D eigenvalue weighted by molar-refractivity contribution is -0.129. The second-order valence-electron chi connectivity index (χ2n) is 4.42. The molecule has 0 atom stereocenters. The molecule has 114 valence electrons. The molecule has 0 saturated heterocycles. The zero-order chi connectivity index (χ0) is 15.9. The first-order valence-corrected chi connectivity index (χ1v) is 6.54. The normalized spacial score (nSPS) is 10.9. The van der Waals surface area contributed by atoms with Gasteiger partial charge in [0, 0.05) is 6.07 Å². The van der Waals surface area contributed by atoms with Crippen molar-refractivity contribution in [3.63, 3.8) is 0 Å². The van der Waals surface area contributed by atoms with Crippen molar-refractivity contribution in [2.75, 3.05) is 12.5 Å². The van der Waals surface area contributed by atoms with Crippen LogP contribution in [0.3, 0.4) is 0 Å². The van der Waals surface area contributed by atoms with Crippen LogP contribution in [-0.2, 0) is 4.79 Å². The molecule has 2 aromatic carbocycles. The van der Waals surface area contributed by atoms with Crippen LogP contribution in [0.5, 0.6) is 17.2 Å². The summed E-state index contributed by atoms with van der Waals surface area (Å²) in [6, 6.07) is 14.3. The zero-order valence-electron chi connectivity index (χ0n) is 12.2. The number of carboxylic acids is 1. The molecule has 6 heteroatoms. The van der Waals surface area contributed by atoms with E-state index in [0.717, 1.165) is 5.75 Å². The first-order valence-electron chi connectivity index (χ1n) is 6.54. The molecule has 0 aromatic heterocycles. The highest BCUT2D eigenvalue weighted by Gasteiger charge is 2.02. The Labute approximate surface area is 128 Å². The number of methoxy groups -OCH3 is 1. The summed E-state index contributed by atoms with van der Waals surface area (Å²) in [7, 11) is 1.60. The van der Waals surface area contributed by atoms with Gasteiger partial charge in [0.05, 0.1) is 12.8 Å². The van der Waals surface area contributed by atoms with Crippen LogP contribution in [0.4, 0.5) is 5.69 Å². The van der Waals surface area contributed by atoms with Crippen molar-refractivity contribution in [2.24, 2.45) is 5.10 Å². The van der Waals surface area contributed by atoms with E-state index < -0.39 is 5.97 Å². The van der Waals surface area contributed by atoms with Crippen LogP contribution in [0.25, 0.3) is 0 Å². The number of ether oxygens (including phenoxy) is 2. The number of rotatable bonds is 6. The van der Waals surface area contributed by atoms with E-state index in [1.165, 1.54) is 6.92 Å². The van der Waals surface area contributed by atoms with Gasteiger partial charge in [0.2, 0.25) is 0 Å². The SMILES string of the molecule is COc1ccc(Oc2cccc(N/N=C(\C)C(=O)O)c2)cc1. The maximum atomic E-state index is 10.7. The number of hydrogen-bond donors (Lipinski definition) is 2. The van der Waals surface area contributed by atoms with Gasteiger partial charge in [-0.3, -0.25) is 5.43 Å². The van der Waals surface area contributed by atoms with E-state index >= 15 is 0 Å². The number of nitrogens with zero attached hydrogens (tertiary/aromatic N) is 1. The number of benzene rings is 2. The molecule has 0 bridgehead atoms. The van der Waals surface area contributed by atoms with Gasteiger partial charge in [-0.05, 0) is 43.3 Å². The van der Waals surface area contributed by atoms with Crippen LogP contribution < -0.4 is 14.9 Å². The Hall–Kier alpha value is -3.02. The quantitative estimate of drug-likeness (QED) is 0.631. The third kappa shape index (κ3) is 4.24. The molecule has 2 N–H and O–H groups in total. The largest absolute Gasteiger partial charge is 0.497 e. The van der Waals surface area contributed by atoms with Gasteiger partial charge in [0.1, 0.15) is 23.0 Å². The Bertz CT molecular complexity index is 681. The topological polar surface area (TPSA) is 80.2 Å². The number of nitrogens with one attached hydrogen (secondary N) is 1. The van der Waals surface area contributed by atoms with Crippen LogP contribution in [0.15, 0.2) is 53.6 Å². The number of carbonyl (C=O) groups is 1. The minimum Gasteiger partial charge on any atom is -0.497 e. The van der Waals surface area contributed by atoms with Gasteiger partial charge in [0.15, 0.2) is 0 Å². The lowest BCUT2D eigenvalue weighted by Gasteiger charge is -2.08. The molecule has 2 rings (SSSR count). The standard InChI is InChI=1S/C16H16N2O4/c1-11(16(19)20)17-18-12-4-3-5-15(10-12)22-14-8-6-13(21-2)7-9-14/h3-10,18H,1-2H3,(H,19,20)/b17-11+. The van der Waals surface area contributed by atoms with E-state index in [-0.39, 0.29) is 5.71 Å². The predicted molar refractivity (Wildman–Crippen MR) is 83.9 cm³/mol. The summed E-state index contributed by atoms with van der Waals surface area (Å²) in [4.78, 5) is 10.7. The van der Waals surface area contributed by atoms with Gasteiger partial charge in [-0.1, -0.05) is 6.07 Å². The van der Waals surface area contributed by atoms with Gasteiger partial charge in [-0.25, -0.2) is 4.79 Å². The Morgan fingerprint density at radius 3 is 2.41 bits per heavy atom. The molecule has 22 heavy (non-hydrogen) atoms. The summed E-state index contributed by atoms with van der Waals surface area (Å²) >= 11 is 0. The number of aliphatic carboxylic acids is 1. The fourth-order valence-electron chi connectivity index (χ4n) is 1.61. The van der Waals surface area contributed by atoms with Gasteiger partial charge in [-0.15, -0.1) is 0 Å². The van der Waals surface area contributed by atoms with E-state index in [1.54, 1.807) is 55.6 Å². The minimum absolute atomic E-state index is 0.0264. The molecular weight excluding hydrogens is 284 g/mol. The lowest BCUT2D eigenvalue weighted by Crippen LogP contribution is -2.10. The molecule has 0 heterocycles. The average Bonchev–Trinajstić information content (AvgIpc) is 2.53. The molecule has 0 saturated carbocycles. The molecule has 0 radical (unpaired) electrons. The Kier molecular flexibility index (Phi) is 4.98. The molecule has 0 aliphatic rings. The van der Waals surface area contributed by atoms with Crippen LogP contribution in [0.2, 0.25) is 0 Å². The maximum absolute atomic E-state index is 10.7. The van der Waals surface area contributed by atoms with E-state index in [0.29, 0.717) is 17.2 Å². The van der Waals surface area contributed by atoms with Crippen molar-refractivity contribution in [3.8, 4) is 17.2 Å². The van der Waals surface area contributed by atoms with E-state index in [1.807, 2.05) is 0 Å². The van der Waals surface area contributed by atoms with Crippen LogP contribution in [0, 0.1) is 0 Å². The first kappa shape index (κ1) is 15.4. The fourth-order valence-corrected chi connectivity index (χ4v) is 1.61. The van der Waals surface area contributed by atoms with E-state index in [2.05, 4.69) is 10.5 Å². The molecule has 0 amide bonds. The minimum atomic E-state index is -1.07. The molecule has 0 spiro atoms. The zero-order valence-corrected chi connectivity index (χ0v) is 12.2. The highest BCUT2D eigenvalue weighted by molar-refractivity contribution is 6.34. The third-order valence-corrected chi connectivity index (χ3v) is 2.79. The van der Waals surface area contributed by atoms with Gasteiger partial charge in [-0.2, -0.15) is 5.10 Å². The van der Waals surface area contributed by atoms with Crippen LogP contribution in [-0.4, -0.2) is 23.9 Å². The number of carboxylic acid groups (broad SMARTS) is 1. The molecule has 0 aliphatic carbocycles. The number of anilines is 1. The Morgan fingerprint density at radius 1 is 1.09 bits per heavy atom. The summed E-state index contributed by atoms with van der Waals surface area (Å²) < 4.78 is 10.8. The fraction of sp³-hybridized carbons (Fsp3) is 0.125. The molecule has 2 aromatic rings. The molecule has 0 fully saturated rings. The van der Waals surface area contributed by atoms with Crippen molar-refractivity contribution in [1.82, 2.24) is 0 Å². The highest BCUT2D eigenvalue weighted by atomic mass is 16.5. The smallest absolute Gasteiger partial charge is 0.351 e. The van der Waals surface area contributed by atoms with Crippen molar-refractivity contribution < 1.29 is 19.4 Å². The summed E-state index contributed by atoms with van der Waals surface area (Å²) in [6.07, 6.45) is 0. The summed E-state index contributed by atoms with van der Waals surface area (Å²) in [5.74, 6) is 0.959. The second kappa shape index (κ2) is 7.12. The monoisotopic (exact) mass is 300 g/mol. The van der Waals surface area contributed by atoms with Gasteiger partial charge in [0.25, 0.3) is 0 Å². The maximum Gasteiger partial charge on any atom is 0.351 e. The lowest BCUT2D eigenvalue weighted by atomic mass is 10.3. The van der Waals surface area contributed by atoms with E-state index in [9.17, 15) is 4.79 Å². The molecule has 0 unspecified atom stereocenters. The summed E-state index contributed by atoms with van der Waals surface area (Å²) in [5.41, 5.74) is 3.28. The molecule has 0 aliphatic heterocycles. The number of hydrogen-bond acceptors (Lipinski definition) is 5.